The monoisotopic (exact) mass is 308 g/mol. The van der Waals surface area contributed by atoms with Gasteiger partial charge in [-0.2, -0.15) is 0 Å². The summed E-state index contributed by atoms with van der Waals surface area (Å²) in [5, 5.41) is 0. The van der Waals surface area contributed by atoms with Gasteiger partial charge >= 0.3 is 0 Å². The number of nitrogens with zero attached hydrogens (tertiary/aromatic N) is 1. The van der Waals surface area contributed by atoms with E-state index in [0.717, 1.165) is 0 Å². The van der Waals surface area contributed by atoms with Gasteiger partial charge in [0.15, 0.2) is 11.7 Å². The number of hydrogen-bond donors (Lipinski definition) is 1. The first kappa shape index (κ1) is 15.7. The summed E-state index contributed by atoms with van der Waals surface area (Å²) in [5.41, 5.74) is 0.839. The maximum Gasteiger partial charge on any atom is 0.241 e. The highest BCUT2D eigenvalue weighted by molar-refractivity contribution is 7.89. The second-order valence-corrected chi connectivity index (χ2v) is 7.73. The molecule has 114 valence electrons. The molecule has 0 atom stereocenters. The van der Waals surface area contributed by atoms with Crippen LogP contribution in [0.1, 0.15) is 32.2 Å². The van der Waals surface area contributed by atoms with E-state index in [1.54, 1.807) is 32.2 Å². The highest BCUT2D eigenvalue weighted by atomic mass is 32.2. The predicted molar refractivity (Wildman–Crippen MR) is 81.5 cm³/mol. The standard InChI is InChI=1S/C15H20N2O3S/c1-10-6-7-12(13-9-16-11(2)20-13)8-14(10)21(18,19)17-15(3,4)5/h6-9,17H,1-5H3. The first-order valence-corrected chi connectivity index (χ1v) is 8.14. The molecule has 6 heteroatoms. The van der Waals surface area contributed by atoms with Crippen LogP contribution in [0, 0.1) is 13.8 Å². The Kier molecular flexibility index (Phi) is 3.95. The molecule has 0 bridgehead atoms. The fourth-order valence-corrected chi connectivity index (χ4v) is 3.69. The van der Waals surface area contributed by atoms with Gasteiger partial charge < -0.3 is 4.42 Å². The summed E-state index contributed by atoms with van der Waals surface area (Å²) in [6.07, 6.45) is 1.59. The summed E-state index contributed by atoms with van der Waals surface area (Å²) in [6, 6.07) is 5.21. The molecule has 5 nitrogen and oxygen atoms in total. The van der Waals surface area contributed by atoms with Crippen molar-refractivity contribution in [1.82, 2.24) is 9.71 Å². The molecule has 0 aliphatic heterocycles. The Bertz CT molecular complexity index is 755. The minimum absolute atomic E-state index is 0.254. The zero-order valence-corrected chi connectivity index (χ0v) is 13.7. The van der Waals surface area contributed by atoms with Crippen LogP contribution in [-0.2, 0) is 10.0 Å². The Morgan fingerprint density at radius 3 is 2.38 bits per heavy atom. The summed E-state index contributed by atoms with van der Waals surface area (Å²) in [4.78, 5) is 4.29. The molecule has 1 aromatic carbocycles. The second-order valence-electron chi connectivity index (χ2n) is 6.08. The first-order chi connectivity index (χ1) is 9.58. The van der Waals surface area contributed by atoms with E-state index in [0.29, 0.717) is 22.8 Å². The molecule has 2 aromatic rings. The van der Waals surface area contributed by atoms with Gasteiger partial charge in [0, 0.05) is 18.0 Å². The second kappa shape index (κ2) is 5.27. The molecule has 1 N–H and O–H groups in total. The molecule has 0 spiro atoms. The van der Waals surface area contributed by atoms with E-state index < -0.39 is 15.6 Å². The van der Waals surface area contributed by atoms with Crippen molar-refractivity contribution in [3.05, 3.63) is 35.9 Å². The summed E-state index contributed by atoms with van der Waals surface area (Å²) in [7, 11) is -3.58. The van der Waals surface area contributed by atoms with Crippen molar-refractivity contribution in [3.8, 4) is 11.3 Å². The minimum atomic E-state index is -3.58. The molecular formula is C15H20N2O3S. The Balaban J connectivity index is 2.50. The van der Waals surface area contributed by atoms with E-state index >= 15 is 0 Å². The lowest BCUT2D eigenvalue weighted by atomic mass is 10.1. The lowest BCUT2D eigenvalue weighted by molar-refractivity contribution is 0.491. The largest absolute Gasteiger partial charge is 0.441 e. The van der Waals surface area contributed by atoms with Crippen LogP contribution in [0.5, 0.6) is 0 Å². The zero-order valence-electron chi connectivity index (χ0n) is 12.9. The molecule has 1 heterocycles. The smallest absolute Gasteiger partial charge is 0.241 e. The van der Waals surface area contributed by atoms with Gasteiger partial charge in [0.1, 0.15) is 0 Å². The molecule has 21 heavy (non-hydrogen) atoms. The molecule has 0 saturated carbocycles. The van der Waals surface area contributed by atoms with Gasteiger partial charge in [-0.1, -0.05) is 12.1 Å². The first-order valence-electron chi connectivity index (χ1n) is 6.66. The van der Waals surface area contributed by atoms with Crippen LogP contribution in [0.25, 0.3) is 11.3 Å². The Morgan fingerprint density at radius 1 is 1.19 bits per heavy atom. The molecular weight excluding hydrogens is 288 g/mol. The van der Waals surface area contributed by atoms with Crippen molar-refractivity contribution in [2.45, 2.75) is 45.1 Å². The lowest BCUT2D eigenvalue weighted by Crippen LogP contribution is -2.40. The van der Waals surface area contributed by atoms with Crippen molar-refractivity contribution in [3.63, 3.8) is 0 Å². The number of sulfonamides is 1. The molecule has 0 aliphatic rings. The number of hydrogen-bond acceptors (Lipinski definition) is 4. The average Bonchev–Trinajstić information content (AvgIpc) is 2.73. The normalized spacial score (nSPS) is 12.6. The molecule has 0 saturated heterocycles. The number of aromatic nitrogens is 1. The van der Waals surface area contributed by atoms with Crippen LogP contribution in [0.3, 0.4) is 0 Å². The number of nitrogens with one attached hydrogen (secondary N) is 1. The third-order valence-corrected chi connectivity index (χ3v) is 4.72. The summed E-state index contributed by atoms with van der Waals surface area (Å²) < 4.78 is 33.1. The number of rotatable bonds is 3. The van der Waals surface area contributed by atoms with Crippen molar-refractivity contribution in [2.24, 2.45) is 0 Å². The highest BCUT2D eigenvalue weighted by Gasteiger charge is 2.24. The Hall–Kier alpha value is -1.66. The van der Waals surface area contributed by atoms with Crippen LogP contribution in [-0.4, -0.2) is 18.9 Å². The van der Waals surface area contributed by atoms with Gasteiger partial charge in [0.05, 0.1) is 11.1 Å². The van der Waals surface area contributed by atoms with E-state index in [1.165, 1.54) is 0 Å². The van der Waals surface area contributed by atoms with Crippen LogP contribution in [0.2, 0.25) is 0 Å². The van der Waals surface area contributed by atoms with Crippen LogP contribution < -0.4 is 4.72 Å². The topological polar surface area (TPSA) is 72.2 Å². The number of oxazole rings is 1. The van der Waals surface area contributed by atoms with Crippen LogP contribution >= 0.6 is 0 Å². The highest BCUT2D eigenvalue weighted by Crippen LogP contribution is 2.26. The number of benzene rings is 1. The third-order valence-electron chi connectivity index (χ3n) is 2.82. The Labute approximate surface area is 125 Å². The molecule has 0 amide bonds. The molecule has 0 unspecified atom stereocenters. The summed E-state index contributed by atoms with van der Waals surface area (Å²) in [5.74, 6) is 1.10. The van der Waals surface area contributed by atoms with E-state index in [4.69, 9.17) is 4.42 Å². The maximum absolute atomic E-state index is 12.5. The van der Waals surface area contributed by atoms with Crippen molar-refractivity contribution in [1.29, 1.82) is 0 Å². The third kappa shape index (κ3) is 3.71. The predicted octanol–water partition coefficient (Wildman–Crippen LogP) is 3.04. The van der Waals surface area contributed by atoms with Gasteiger partial charge in [0.2, 0.25) is 10.0 Å². The average molecular weight is 308 g/mol. The molecule has 0 aliphatic carbocycles. The fourth-order valence-electron chi connectivity index (χ4n) is 2.00. The minimum Gasteiger partial charge on any atom is -0.441 e. The van der Waals surface area contributed by atoms with E-state index in [1.807, 2.05) is 26.8 Å². The fraction of sp³-hybridized carbons (Fsp3) is 0.400. The van der Waals surface area contributed by atoms with Gasteiger partial charge in [0.25, 0.3) is 0 Å². The molecule has 0 radical (unpaired) electrons. The lowest BCUT2D eigenvalue weighted by Gasteiger charge is -2.21. The molecule has 0 fully saturated rings. The van der Waals surface area contributed by atoms with Gasteiger partial charge in [-0.15, -0.1) is 0 Å². The SMILES string of the molecule is Cc1ncc(-c2ccc(C)c(S(=O)(=O)NC(C)(C)C)c2)o1. The molecule has 2 rings (SSSR count). The van der Waals surface area contributed by atoms with Crippen LogP contribution in [0.15, 0.2) is 33.7 Å². The van der Waals surface area contributed by atoms with E-state index in [-0.39, 0.29) is 4.90 Å². The van der Waals surface area contributed by atoms with Crippen LogP contribution in [0.4, 0.5) is 0 Å². The van der Waals surface area contributed by atoms with E-state index in [9.17, 15) is 8.42 Å². The summed E-state index contributed by atoms with van der Waals surface area (Å²) >= 11 is 0. The summed E-state index contributed by atoms with van der Waals surface area (Å²) in [6.45, 7) is 8.94. The van der Waals surface area contributed by atoms with Gasteiger partial charge in [-0.25, -0.2) is 18.1 Å². The van der Waals surface area contributed by atoms with Crippen molar-refractivity contribution >= 4 is 10.0 Å². The van der Waals surface area contributed by atoms with Gasteiger partial charge in [-0.05, 0) is 39.3 Å². The molecule has 1 aromatic heterocycles. The quantitative estimate of drug-likeness (QED) is 0.946. The zero-order chi connectivity index (χ0) is 15.8. The van der Waals surface area contributed by atoms with Crippen molar-refractivity contribution in [2.75, 3.05) is 0 Å². The number of aryl methyl sites for hydroxylation is 2. The Morgan fingerprint density at radius 2 is 1.86 bits per heavy atom. The van der Waals surface area contributed by atoms with E-state index in [2.05, 4.69) is 9.71 Å². The van der Waals surface area contributed by atoms with Crippen molar-refractivity contribution < 1.29 is 12.8 Å². The van der Waals surface area contributed by atoms with Gasteiger partial charge in [-0.3, -0.25) is 0 Å². The maximum atomic E-state index is 12.5.